The van der Waals surface area contributed by atoms with Crippen molar-refractivity contribution >= 4 is 22.7 Å². The van der Waals surface area contributed by atoms with Crippen LogP contribution in [0.2, 0.25) is 0 Å². The molecule has 3 aromatic rings. The third-order valence-electron chi connectivity index (χ3n) is 5.39. The number of aryl methyl sites for hydroxylation is 2. The zero-order chi connectivity index (χ0) is 20.4. The molecule has 2 aromatic heterocycles. The predicted octanol–water partition coefficient (Wildman–Crippen LogP) is 3.42. The lowest BCUT2D eigenvalue weighted by molar-refractivity contribution is 0.0941. The van der Waals surface area contributed by atoms with Crippen LogP contribution in [0.3, 0.4) is 0 Å². The van der Waals surface area contributed by atoms with Gasteiger partial charge < -0.3 is 19.5 Å². The number of pyridine rings is 1. The maximum atomic E-state index is 13.0. The molecule has 7 heteroatoms. The van der Waals surface area contributed by atoms with Gasteiger partial charge in [0.1, 0.15) is 0 Å². The molecule has 152 valence electrons. The van der Waals surface area contributed by atoms with Crippen LogP contribution in [0.25, 0.3) is 11.1 Å². The molecule has 7 nitrogen and oxygen atoms in total. The lowest BCUT2D eigenvalue weighted by atomic mass is 10.0. The van der Waals surface area contributed by atoms with Crippen LogP contribution in [0.1, 0.15) is 47.2 Å². The molecule has 4 rings (SSSR count). The summed E-state index contributed by atoms with van der Waals surface area (Å²) in [4.78, 5) is 19.8. The lowest BCUT2D eigenvalue weighted by Gasteiger charge is -2.29. The predicted molar refractivity (Wildman–Crippen MR) is 111 cm³/mol. The molecule has 1 aliphatic rings. The van der Waals surface area contributed by atoms with E-state index in [0.29, 0.717) is 28.8 Å². The van der Waals surface area contributed by atoms with Crippen LogP contribution in [0.5, 0.6) is 0 Å². The zero-order valence-corrected chi connectivity index (χ0v) is 17.1. The molecule has 3 heterocycles. The fraction of sp³-hybridized carbons (Fsp3) is 0.409. The number of carbonyl (C=O) groups excluding carboxylic acids is 1. The Hall–Kier alpha value is -2.93. The van der Waals surface area contributed by atoms with Crippen molar-refractivity contribution < 1.29 is 14.1 Å². The third-order valence-corrected chi connectivity index (χ3v) is 5.39. The zero-order valence-electron chi connectivity index (χ0n) is 17.1. The van der Waals surface area contributed by atoms with Gasteiger partial charge in [0.15, 0.2) is 0 Å². The minimum atomic E-state index is -0.150. The summed E-state index contributed by atoms with van der Waals surface area (Å²) in [5.74, 6) is -0.150. The van der Waals surface area contributed by atoms with Crippen molar-refractivity contribution in [3.05, 3.63) is 52.8 Å². The van der Waals surface area contributed by atoms with E-state index in [9.17, 15) is 4.79 Å². The highest BCUT2D eigenvalue weighted by Crippen LogP contribution is 2.24. The van der Waals surface area contributed by atoms with Crippen LogP contribution in [-0.4, -0.2) is 42.4 Å². The second-order valence-corrected chi connectivity index (χ2v) is 7.35. The van der Waals surface area contributed by atoms with Crippen LogP contribution >= 0.6 is 0 Å². The molecule has 1 saturated heterocycles. The number of anilines is 1. The van der Waals surface area contributed by atoms with Crippen LogP contribution in [-0.2, 0) is 11.2 Å². The lowest BCUT2D eigenvalue weighted by Crippen LogP contribution is -2.36. The van der Waals surface area contributed by atoms with Crippen molar-refractivity contribution in [2.75, 3.05) is 31.2 Å². The number of ether oxygens (including phenoxy) is 1. The first kappa shape index (κ1) is 19.4. The molecule has 1 aliphatic heterocycles. The maximum Gasteiger partial charge on any atom is 0.258 e. The molecule has 0 bridgehead atoms. The normalized spacial score (nSPS) is 15.5. The molecule has 0 saturated carbocycles. The number of hydrogen-bond donors (Lipinski definition) is 1. The average Bonchev–Trinajstić information content (AvgIpc) is 3.14. The van der Waals surface area contributed by atoms with Gasteiger partial charge in [0, 0.05) is 24.5 Å². The minimum absolute atomic E-state index is 0.130. The highest BCUT2D eigenvalue weighted by molar-refractivity contribution is 6.06. The van der Waals surface area contributed by atoms with E-state index in [-0.39, 0.29) is 11.9 Å². The first-order valence-electron chi connectivity index (χ1n) is 10.1. The van der Waals surface area contributed by atoms with Crippen molar-refractivity contribution in [1.29, 1.82) is 0 Å². The smallest absolute Gasteiger partial charge is 0.258 e. The van der Waals surface area contributed by atoms with Gasteiger partial charge in [-0.05, 0) is 44.0 Å². The maximum absolute atomic E-state index is 13.0. The van der Waals surface area contributed by atoms with Gasteiger partial charge in [0.2, 0.25) is 0 Å². The van der Waals surface area contributed by atoms with Crippen molar-refractivity contribution in [2.45, 2.75) is 33.2 Å². The summed E-state index contributed by atoms with van der Waals surface area (Å²) in [6.07, 6.45) is 0.717. The summed E-state index contributed by atoms with van der Waals surface area (Å²) in [5, 5.41) is 7.75. The van der Waals surface area contributed by atoms with Crippen molar-refractivity contribution in [1.82, 2.24) is 15.5 Å². The standard InChI is InChI=1S/C22H26N4O3/c1-4-17-13-19(20-15(3)25-29-22(20)24-17)21(27)23-14(2)16-5-7-18(8-6-16)26-9-11-28-12-10-26/h5-8,13-14H,4,9-12H2,1-3H3,(H,23,27)/t14-/m1/s1. The fourth-order valence-corrected chi connectivity index (χ4v) is 3.66. The van der Waals surface area contributed by atoms with E-state index in [1.54, 1.807) is 0 Å². The Morgan fingerprint density at radius 3 is 2.66 bits per heavy atom. The number of fused-ring (bicyclic) bond motifs is 1. The number of hydrogen-bond acceptors (Lipinski definition) is 6. The Bertz CT molecular complexity index is 1010. The van der Waals surface area contributed by atoms with Gasteiger partial charge in [-0.3, -0.25) is 4.79 Å². The molecule has 0 spiro atoms. The van der Waals surface area contributed by atoms with Crippen molar-refractivity contribution in [3.63, 3.8) is 0 Å². The van der Waals surface area contributed by atoms with Crippen molar-refractivity contribution in [2.24, 2.45) is 0 Å². The SMILES string of the molecule is CCc1cc(C(=O)N[C@H](C)c2ccc(N3CCOCC3)cc2)c2c(C)noc2n1. The molecule has 1 N–H and O–H groups in total. The summed E-state index contributed by atoms with van der Waals surface area (Å²) in [6.45, 7) is 9.14. The molecule has 1 amide bonds. The largest absolute Gasteiger partial charge is 0.378 e. The Morgan fingerprint density at radius 2 is 1.97 bits per heavy atom. The summed E-state index contributed by atoms with van der Waals surface area (Å²) >= 11 is 0. The molecule has 0 radical (unpaired) electrons. The van der Waals surface area contributed by atoms with Gasteiger partial charge in [-0.25, -0.2) is 4.98 Å². The van der Waals surface area contributed by atoms with E-state index in [1.807, 2.05) is 26.8 Å². The van der Waals surface area contributed by atoms with Gasteiger partial charge in [-0.2, -0.15) is 0 Å². The van der Waals surface area contributed by atoms with Crippen molar-refractivity contribution in [3.8, 4) is 0 Å². The monoisotopic (exact) mass is 394 g/mol. The van der Waals surface area contributed by atoms with Gasteiger partial charge >= 0.3 is 0 Å². The Morgan fingerprint density at radius 1 is 1.24 bits per heavy atom. The molecule has 0 aliphatic carbocycles. The fourth-order valence-electron chi connectivity index (χ4n) is 3.66. The molecule has 1 fully saturated rings. The number of benzene rings is 1. The highest BCUT2D eigenvalue weighted by Gasteiger charge is 2.20. The molecule has 1 aromatic carbocycles. The van der Waals surface area contributed by atoms with E-state index in [1.165, 1.54) is 5.69 Å². The molecule has 29 heavy (non-hydrogen) atoms. The minimum Gasteiger partial charge on any atom is -0.378 e. The Balaban J connectivity index is 1.52. The summed E-state index contributed by atoms with van der Waals surface area (Å²) < 4.78 is 10.7. The second-order valence-electron chi connectivity index (χ2n) is 7.35. The van der Waals surface area contributed by atoms with Gasteiger partial charge in [0.25, 0.3) is 11.6 Å². The first-order valence-corrected chi connectivity index (χ1v) is 10.1. The number of morpholine rings is 1. The van der Waals surface area contributed by atoms with Crippen LogP contribution in [0, 0.1) is 6.92 Å². The molecular formula is C22H26N4O3. The second kappa shape index (κ2) is 8.21. The first-order chi connectivity index (χ1) is 14.1. The van der Waals surface area contributed by atoms with Crippen LogP contribution < -0.4 is 10.2 Å². The number of amides is 1. The number of aromatic nitrogens is 2. The topological polar surface area (TPSA) is 80.5 Å². The molecule has 0 unspecified atom stereocenters. The summed E-state index contributed by atoms with van der Waals surface area (Å²) in [5.41, 5.74) is 4.68. The van der Waals surface area contributed by atoms with Crippen LogP contribution in [0.4, 0.5) is 5.69 Å². The van der Waals surface area contributed by atoms with Crippen LogP contribution in [0.15, 0.2) is 34.9 Å². The van der Waals surface area contributed by atoms with Gasteiger partial charge in [0.05, 0.1) is 35.9 Å². The quantitative estimate of drug-likeness (QED) is 0.714. The van der Waals surface area contributed by atoms with E-state index in [4.69, 9.17) is 9.26 Å². The molecule has 1 atom stereocenters. The van der Waals surface area contributed by atoms with E-state index < -0.39 is 0 Å². The Kier molecular flexibility index (Phi) is 5.49. The highest BCUT2D eigenvalue weighted by atomic mass is 16.5. The molecular weight excluding hydrogens is 368 g/mol. The third kappa shape index (κ3) is 3.96. The number of carbonyl (C=O) groups is 1. The van der Waals surface area contributed by atoms with Gasteiger partial charge in [-0.15, -0.1) is 0 Å². The van der Waals surface area contributed by atoms with E-state index >= 15 is 0 Å². The number of nitrogens with zero attached hydrogens (tertiary/aromatic N) is 3. The number of nitrogens with one attached hydrogen (secondary N) is 1. The average molecular weight is 394 g/mol. The Labute approximate surface area is 170 Å². The van der Waals surface area contributed by atoms with E-state index in [2.05, 4.69) is 44.6 Å². The summed E-state index contributed by atoms with van der Waals surface area (Å²) in [6, 6.07) is 10.0. The van der Waals surface area contributed by atoms with E-state index in [0.717, 1.165) is 37.6 Å². The summed E-state index contributed by atoms with van der Waals surface area (Å²) in [7, 11) is 0. The van der Waals surface area contributed by atoms with Gasteiger partial charge in [-0.1, -0.05) is 24.2 Å². The number of rotatable bonds is 5.